The third-order valence-electron chi connectivity index (χ3n) is 4.55. The second-order valence-corrected chi connectivity index (χ2v) is 7.74. The molecule has 0 aliphatic carbocycles. The molecule has 0 aliphatic rings. The third-order valence-corrected chi connectivity index (χ3v) is 5.74. The summed E-state index contributed by atoms with van der Waals surface area (Å²) in [6.07, 6.45) is -2.50. The second-order valence-electron chi connectivity index (χ2n) is 6.61. The van der Waals surface area contributed by atoms with Crippen molar-refractivity contribution in [3.63, 3.8) is 0 Å². The number of carbonyl (C=O) groups excluding carboxylic acids is 1. The van der Waals surface area contributed by atoms with Crippen molar-refractivity contribution in [2.24, 2.45) is 5.73 Å². The Kier molecular flexibility index (Phi) is 4.84. The highest BCUT2D eigenvalue weighted by molar-refractivity contribution is 7.19. The lowest BCUT2D eigenvalue weighted by molar-refractivity contribution is -0.137. The molecule has 0 bridgehead atoms. The molecule has 1 amide bonds. The summed E-state index contributed by atoms with van der Waals surface area (Å²) in [4.78, 5) is 16.5. The molecule has 0 radical (unpaired) electrons. The average Bonchev–Trinajstić information content (AvgIpc) is 3.10. The summed E-state index contributed by atoms with van der Waals surface area (Å²) in [6.45, 7) is 0. The van der Waals surface area contributed by atoms with Crippen LogP contribution in [-0.2, 0) is 12.6 Å². The number of primary amides is 1. The SMILES string of the molecule is NC(=O)c1ccc(-c2cccc3cc(Cc4cccc(C(F)(F)F)c4)sc23)nc1. The lowest BCUT2D eigenvalue weighted by atomic mass is 10.1. The molecule has 0 aliphatic heterocycles. The number of benzene rings is 2. The van der Waals surface area contributed by atoms with Gasteiger partial charge in [-0.2, -0.15) is 13.2 Å². The zero-order valence-corrected chi connectivity index (χ0v) is 15.8. The number of alkyl halides is 3. The number of hydrogen-bond donors (Lipinski definition) is 1. The largest absolute Gasteiger partial charge is 0.416 e. The summed E-state index contributed by atoms with van der Waals surface area (Å²) < 4.78 is 39.9. The molecule has 2 heterocycles. The van der Waals surface area contributed by atoms with Gasteiger partial charge in [-0.05, 0) is 35.2 Å². The van der Waals surface area contributed by atoms with E-state index < -0.39 is 17.6 Å². The van der Waals surface area contributed by atoms with Crippen molar-refractivity contribution in [3.8, 4) is 11.3 Å². The molecule has 2 N–H and O–H groups in total. The minimum atomic E-state index is -4.36. The Balaban J connectivity index is 1.69. The lowest BCUT2D eigenvalue weighted by Gasteiger charge is -2.08. The first kappa shape index (κ1) is 19.1. The van der Waals surface area contributed by atoms with E-state index in [9.17, 15) is 18.0 Å². The molecule has 4 aromatic rings. The molecule has 146 valence electrons. The van der Waals surface area contributed by atoms with Crippen molar-refractivity contribution in [2.75, 3.05) is 0 Å². The van der Waals surface area contributed by atoms with Gasteiger partial charge in [-0.1, -0.05) is 36.4 Å². The molecule has 2 aromatic heterocycles. The van der Waals surface area contributed by atoms with E-state index in [-0.39, 0.29) is 0 Å². The number of carbonyl (C=O) groups is 1. The van der Waals surface area contributed by atoms with Gasteiger partial charge in [0.1, 0.15) is 0 Å². The number of hydrogen-bond acceptors (Lipinski definition) is 3. The Hall–Kier alpha value is -3.19. The normalized spacial score (nSPS) is 11.7. The van der Waals surface area contributed by atoms with Crippen LogP contribution >= 0.6 is 11.3 Å². The Bertz CT molecular complexity index is 1200. The standard InChI is InChI=1S/C22H15F3N2OS/c23-22(24,25)16-5-1-3-13(9-16)10-17-11-14-4-2-6-18(20(14)29-17)19-8-7-15(12-27-19)21(26)28/h1-9,11-12H,10H2,(H2,26,28). The zero-order valence-electron chi connectivity index (χ0n) is 15.0. The van der Waals surface area contributed by atoms with Gasteiger partial charge in [0.25, 0.3) is 0 Å². The molecule has 0 saturated carbocycles. The number of nitrogens with zero attached hydrogens (tertiary/aromatic N) is 1. The predicted molar refractivity (Wildman–Crippen MR) is 108 cm³/mol. The number of aromatic nitrogens is 1. The quantitative estimate of drug-likeness (QED) is 0.469. The number of pyridine rings is 1. The number of rotatable bonds is 4. The van der Waals surface area contributed by atoms with Crippen LogP contribution in [0.25, 0.3) is 21.3 Å². The molecule has 0 fully saturated rings. The summed E-state index contributed by atoms with van der Waals surface area (Å²) in [5.74, 6) is -0.540. The fraction of sp³-hybridized carbons (Fsp3) is 0.0909. The number of amides is 1. The van der Waals surface area contributed by atoms with E-state index in [1.54, 1.807) is 18.2 Å². The maximum atomic E-state index is 13.0. The molecule has 4 rings (SSSR count). The fourth-order valence-corrected chi connectivity index (χ4v) is 4.38. The van der Waals surface area contributed by atoms with Crippen molar-refractivity contribution >= 4 is 27.3 Å². The molecular weight excluding hydrogens is 397 g/mol. The average molecular weight is 412 g/mol. The molecule has 29 heavy (non-hydrogen) atoms. The number of fused-ring (bicyclic) bond motifs is 1. The molecule has 0 unspecified atom stereocenters. The maximum absolute atomic E-state index is 13.0. The van der Waals surface area contributed by atoms with Gasteiger partial charge < -0.3 is 5.73 Å². The van der Waals surface area contributed by atoms with Crippen molar-refractivity contribution < 1.29 is 18.0 Å². The highest BCUT2D eigenvalue weighted by Gasteiger charge is 2.30. The minimum Gasteiger partial charge on any atom is -0.366 e. The summed E-state index contributed by atoms with van der Waals surface area (Å²) in [7, 11) is 0. The maximum Gasteiger partial charge on any atom is 0.416 e. The van der Waals surface area contributed by atoms with Crippen LogP contribution in [0.15, 0.2) is 66.9 Å². The van der Waals surface area contributed by atoms with Gasteiger partial charge in [0.15, 0.2) is 0 Å². The summed E-state index contributed by atoms with van der Waals surface area (Å²) in [5.41, 5.74) is 7.16. The predicted octanol–water partition coefficient (Wildman–Crippen LogP) is 5.67. The highest BCUT2D eigenvalue weighted by atomic mass is 32.1. The first-order chi connectivity index (χ1) is 13.8. The highest BCUT2D eigenvalue weighted by Crippen LogP contribution is 2.36. The van der Waals surface area contributed by atoms with Crippen LogP contribution in [0.5, 0.6) is 0 Å². The van der Waals surface area contributed by atoms with Gasteiger partial charge in [0.2, 0.25) is 5.91 Å². The van der Waals surface area contributed by atoms with Crippen LogP contribution in [0.1, 0.15) is 26.4 Å². The third kappa shape index (κ3) is 4.00. The van der Waals surface area contributed by atoms with Crippen LogP contribution in [0.3, 0.4) is 0 Å². The molecule has 0 spiro atoms. The van der Waals surface area contributed by atoms with E-state index in [2.05, 4.69) is 4.98 Å². The van der Waals surface area contributed by atoms with Crippen molar-refractivity contribution in [1.82, 2.24) is 4.98 Å². The smallest absolute Gasteiger partial charge is 0.366 e. The summed E-state index contributed by atoms with van der Waals surface area (Å²) in [6, 6.07) is 16.5. The van der Waals surface area contributed by atoms with Crippen LogP contribution in [0, 0.1) is 0 Å². The molecule has 7 heteroatoms. The fourth-order valence-electron chi connectivity index (χ4n) is 3.16. The van der Waals surface area contributed by atoms with E-state index in [1.165, 1.54) is 29.7 Å². The van der Waals surface area contributed by atoms with E-state index in [1.807, 2.05) is 24.3 Å². The van der Waals surface area contributed by atoms with Gasteiger partial charge in [0, 0.05) is 27.8 Å². The number of nitrogens with two attached hydrogens (primary N) is 1. The van der Waals surface area contributed by atoms with Gasteiger partial charge in [-0.3, -0.25) is 9.78 Å². The Morgan fingerprint density at radius 1 is 1.03 bits per heavy atom. The Morgan fingerprint density at radius 3 is 2.52 bits per heavy atom. The van der Waals surface area contributed by atoms with Crippen LogP contribution in [0.4, 0.5) is 13.2 Å². The Morgan fingerprint density at radius 2 is 1.83 bits per heavy atom. The van der Waals surface area contributed by atoms with Crippen LogP contribution in [-0.4, -0.2) is 10.9 Å². The second kappa shape index (κ2) is 7.33. The molecule has 0 atom stereocenters. The molecule has 3 nitrogen and oxygen atoms in total. The first-order valence-corrected chi connectivity index (χ1v) is 9.57. The lowest BCUT2D eigenvalue weighted by Crippen LogP contribution is -2.10. The Labute approximate surface area is 168 Å². The summed E-state index contributed by atoms with van der Waals surface area (Å²) in [5, 5.41) is 0.996. The summed E-state index contributed by atoms with van der Waals surface area (Å²) >= 11 is 1.52. The monoisotopic (exact) mass is 412 g/mol. The number of thiophene rings is 1. The molecule has 2 aromatic carbocycles. The van der Waals surface area contributed by atoms with Crippen molar-refractivity contribution in [3.05, 3.63) is 88.4 Å². The van der Waals surface area contributed by atoms with Crippen LogP contribution < -0.4 is 5.73 Å². The van der Waals surface area contributed by atoms with Crippen molar-refractivity contribution in [2.45, 2.75) is 12.6 Å². The number of halogens is 3. The van der Waals surface area contributed by atoms with E-state index in [0.29, 0.717) is 23.2 Å². The molecular formula is C22H15F3N2OS. The zero-order chi connectivity index (χ0) is 20.6. The van der Waals surface area contributed by atoms with E-state index in [0.717, 1.165) is 26.6 Å². The van der Waals surface area contributed by atoms with Gasteiger partial charge in [-0.15, -0.1) is 11.3 Å². The van der Waals surface area contributed by atoms with Gasteiger partial charge >= 0.3 is 6.18 Å². The van der Waals surface area contributed by atoms with Gasteiger partial charge in [-0.25, -0.2) is 0 Å². The van der Waals surface area contributed by atoms with Crippen LogP contribution in [0.2, 0.25) is 0 Å². The van der Waals surface area contributed by atoms with E-state index >= 15 is 0 Å². The van der Waals surface area contributed by atoms with Crippen molar-refractivity contribution in [1.29, 1.82) is 0 Å². The first-order valence-electron chi connectivity index (χ1n) is 8.75. The van der Waals surface area contributed by atoms with Gasteiger partial charge in [0.05, 0.1) is 16.8 Å². The minimum absolute atomic E-state index is 0.331. The molecule has 0 saturated heterocycles. The topological polar surface area (TPSA) is 56.0 Å². The van der Waals surface area contributed by atoms with E-state index in [4.69, 9.17) is 5.73 Å².